The SMILES string of the molecule is CC(C)(C)OC(=O)NCCCC(=O)Oc1ccc([N+](=O)[O-])cc1[N+](=O)[O-].O=C(Oc1c(F)c(F)c(F)c(F)c1F)C1CCN(C(=O)OCc2ccccc2)CC1.O=C(Oc1ccc([N+](=O)[O-])cc1[N+](=O)[O-])C1CCN(C(=O)OCc2ccccc2)CC1. The number of non-ortho nitro benzene ring substituents is 2. The van der Waals surface area contributed by atoms with E-state index in [1.807, 2.05) is 36.4 Å². The van der Waals surface area contributed by atoms with Crippen LogP contribution in [-0.2, 0) is 41.8 Å². The number of ether oxygens (including phenoxy) is 6. The Hall–Kier alpha value is -10.4. The summed E-state index contributed by atoms with van der Waals surface area (Å²) in [4.78, 5) is 115. The monoisotopic (exact) mass is 1230 g/mol. The molecule has 0 unspecified atom stereocenters. The highest BCUT2D eigenvalue weighted by atomic mass is 19.2. The average molecular weight is 1230 g/mol. The minimum atomic E-state index is -2.34. The van der Waals surface area contributed by atoms with Crippen LogP contribution in [-0.4, -0.2) is 104 Å². The van der Waals surface area contributed by atoms with E-state index >= 15 is 0 Å². The predicted octanol–water partition coefficient (Wildman–Crippen LogP) is 10.5. The third-order valence-corrected chi connectivity index (χ3v) is 12.3. The number of benzene rings is 5. The maximum atomic E-state index is 13.7. The number of piperidine rings is 2. The molecule has 2 aliphatic rings. The fraction of sp³-hybridized carbons (Fsp3) is 0.345. The Bertz CT molecular complexity index is 3310. The summed E-state index contributed by atoms with van der Waals surface area (Å²) in [5.74, 6) is -17.6. The van der Waals surface area contributed by atoms with Gasteiger partial charge < -0.3 is 43.5 Å². The van der Waals surface area contributed by atoms with Gasteiger partial charge in [0.25, 0.3) is 11.4 Å². The van der Waals surface area contributed by atoms with Crippen molar-refractivity contribution in [3.63, 3.8) is 0 Å². The lowest BCUT2D eigenvalue weighted by Gasteiger charge is -2.30. The van der Waals surface area contributed by atoms with Crippen LogP contribution >= 0.6 is 0 Å². The van der Waals surface area contributed by atoms with E-state index in [0.717, 1.165) is 41.5 Å². The molecule has 0 atom stereocenters. The van der Waals surface area contributed by atoms with Crippen molar-refractivity contribution in [2.24, 2.45) is 11.8 Å². The molecule has 0 saturated carbocycles. The van der Waals surface area contributed by atoms with Crippen LogP contribution in [0.1, 0.15) is 70.4 Å². The van der Waals surface area contributed by atoms with E-state index in [2.05, 4.69) is 10.1 Å². The van der Waals surface area contributed by atoms with Crippen LogP contribution in [0.2, 0.25) is 0 Å². The third kappa shape index (κ3) is 20.4. The fourth-order valence-corrected chi connectivity index (χ4v) is 7.87. The summed E-state index contributed by atoms with van der Waals surface area (Å²) in [5.41, 5.74) is -1.29. The van der Waals surface area contributed by atoms with Gasteiger partial charge in [0, 0.05) is 51.3 Å². The maximum absolute atomic E-state index is 13.7. The van der Waals surface area contributed by atoms with Gasteiger partial charge in [-0.1, -0.05) is 60.7 Å². The summed E-state index contributed by atoms with van der Waals surface area (Å²) in [6, 6.07) is 23.7. The van der Waals surface area contributed by atoms with Crippen molar-refractivity contribution in [2.45, 2.75) is 78.1 Å². The van der Waals surface area contributed by atoms with Crippen LogP contribution in [0.25, 0.3) is 0 Å². The number of hydrogen-bond donors (Lipinski definition) is 1. The molecule has 464 valence electrons. The number of esters is 3. The first-order chi connectivity index (χ1) is 41.1. The number of carbonyl (C=O) groups excluding carboxylic acids is 6. The van der Waals surface area contributed by atoms with Crippen LogP contribution in [0.5, 0.6) is 17.2 Å². The molecule has 32 heteroatoms. The summed E-state index contributed by atoms with van der Waals surface area (Å²) in [6.07, 6.45) is -0.837. The Morgan fingerprint density at radius 1 is 0.540 bits per heavy atom. The highest BCUT2D eigenvalue weighted by Gasteiger charge is 2.35. The van der Waals surface area contributed by atoms with Crippen molar-refractivity contribution in [3.8, 4) is 17.2 Å². The Morgan fingerprint density at radius 2 is 0.931 bits per heavy atom. The number of rotatable bonds is 17. The second-order valence-electron chi connectivity index (χ2n) is 19.7. The molecule has 0 aromatic heterocycles. The van der Waals surface area contributed by atoms with Gasteiger partial charge in [0.1, 0.15) is 18.8 Å². The summed E-state index contributed by atoms with van der Waals surface area (Å²) < 4.78 is 96.8. The molecule has 2 fully saturated rings. The standard InChI is InChI=1S/C20H16F5NO4.C20H19N3O8.C15H19N3O8/c21-13-14(22)16(24)18(17(25)15(13)23)30-19(27)12-6-8-26(9-7-12)20(28)29-10-11-4-2-1-3-5-11;24-19(31-18-7-6-16(22(26)27)12-17(18)23(28)29)15-8-10-21(11-9-15)20(25)30-13-14-4-2-1-3-5-14;1-15(2,3)26-14(20)16-8-4-5-13(19)25-12-7-6-10(17(21)22)9-11(12)18(23)24/h1-5,12H,6-10H2;1-7,12,15H,8-11,13H2;6-7,9H,4-5,8H2,1-3H3,(H,16,20). The molecule has 1 N–H and O–H groups in total. The second-order valence-corrected chi connectivity index (χ2v) is 19.7. The molecule has 7 rings (SSSR count). The van der Waals surface area contributed by atoms with Gasteiger partial charge in [-0.3, -0.25) is 54.8 Å². The van der Waals surface area contributed by atoms with Gasteiger partial charge in [-0.25, -0.2) is 27.6 Å². The highest BCUT2D eigenvalue weighted by molar-refractivity contribution is 5.78. The smallest absolute Gasteiger partial charge is 0.410 e. The molecule has 5 aromatic rings. The van der Waals surface area contributed by atoms with E-state index in [-0.39, 0.29) is 83.1 Å². The first-order valence-electron chi connectivity index (χ1n) is 26.0. The molecule has 87 heavy (non-hydrogen) atoms. The van der Waals surface area contributed by atoms with Crippen molar-refractivity contribution < 1.29 is 98.8 Å². The molecule has 5 aromatic carbocycles. The Kier molecular flexibility index (Phi) is 24.4. The molecular formula is C55H54F5N7O20. The predicted molar refractivity (Wildman–Crippen MR) is 288 cm³/mol. The first kappa shape index (κ1) is 67.4. The van der Waals surface area contributed by atoms with E-state index in [1.165, 1.54) is 9.80 Å². The average Bonchev–Trinajstić information content (AvgIpc) is 2.16. The largest absolute Gasteiger partial charge is 0.445 e. The third-order valence-electron chi connectivity index (χ3n) is 12.3. The van der Waals surface area contributed by atoms with Gasteiger partial charge in [-0.05, 0) is 76.1 Å². The van der Waals surface area contributed by atoms with Crippen molar-refractivity contribution in [1.29, 1.82) is 0 Å². The zero-order chi connectivity index (χ0) is 64.1. The van der Waals surface area contributed by atoms with Gasteiger partial charge >= 0.3 is 47.6 Å². The van der Waals surface area contributed by atoms with E-state index in [9.17, 15) is 91.2 Å². The number of halogens is 5. The molecule has 0 radical (unpaired) electrons. The summed E-state index contributed by atoms with van der Waals surface area (Å²) in [5, 5.41) is 46.0. The zero-order valence-corrected chi connectivity index (χ0v) is 46.3. The molecule has 0 bridgehead atoms. The van der Waals surface area contributed by atoms with Crippen molar-refractivity contribution in [3.05, 3.63) is 178 Å². The first-order valence-corrected chi connectivity index (χ1v) is 26.0. The molecule has 0 aliphatic carbocycles. The van der Waals surface area contributed by atoms with Crippen LogP contribution in [0.3, 0.4) is 0 Å². The lowest BCUT2D eigenvalue weighted by Crippen LogP contribution is -2.41. The van der Waals surface area contributed by atoms with Crippen molar-refractivity contribution >= 4 is 58.9 Å². The number of nitro benzene ring substituents is 4. The maximum Gasteiger partial charge on any atom is 0.410 e. The van der Waals surface area contributed by atoms with Gasteiger partial charge in [0.2, 0.25) is 46.3 Å². The Balaban J connectivity index is 0.000000239. The molecule has 3 amide bonds. The van der Waals surface area contributed by atoms with Gasteiger partial charge in [-0.2, -0.15) is 8.78 Å². The number of nitro groups is 4. The van der Waals surface area contributed by atoms with Gasteiger partial charge in [-0.15, -0.1) is 0 Å². The number of hydrogen-bond acceptors (Lipinski definition) is 20. The minimum Gasteiger partial charge on any atom is -0.445 e. The van der Waals surface area contributed by atoms with Crippen LogP contribution in [0.4, 0.5) is 59.1 Å². The number of likely N-dealkylation sites (tertiary alicyclic amines) is 2. The summed E-state index contributed by atoms with van der Waals surface area (Å²) in [6.45, 7) is 6.24. The Morgan fingerprint density at radius 3 is 1.32 bits per heavy atom. The summed E-state index contributed by atoms with van der Waals surface area (Å²) >= 11 is 0. The number of amides is 3. The molecule has 0 spiro atoms. The molecular weight excluding hydrogens is 1170 g/mol. The van der Waals surface area contributed by atoms with Crippen LogP contribution in [0, 0.1) is 81.4 Å². The quantitative estimate of drug-likeness (QED) is 0.0104. The fourth-order valence-electron chi connectivity index (χ4n) is 7.87. The van der Waals surface area contributed by atoms with Crippen LogP contribution < -0.4 is 19.5 Å². The lowest BCUT2D eigenvalue weighted by atomic mass is 9.97. The Labute approximate surface area is 489 Å². The van der Waals surface area contributed by atoms with Crippen molar-refractivity contribution in [2.75, 3.05) is 32.7 Å². The minimum absolute atomic E-state index is 0.0713. The number of nitrogens with zero attached hydrogens (tertiary/aromatic N) is 6. The summed E-state index contributed by atoms with van der Waals surface area (Å²) in [7, 11) is 0. The zero-order valence-electron chi connectivity index (χ0n) is 46.3. The number of nitrogens with one attached hydrogen (secondary N) is 1. The van der Waals surface area contributed by atoms with E-state index in [0.29, 0.717) is 18.9 Å². The normalized spacial score (nSPS) is 13.2. The highest BCUT2D eigenvalue weighted by Crippen LogP contribution is 2.35. The lowest BCUT2D eigenvalue weighted by molar-refractivity contribution is -0.394. The van der Waals surface area contributed by atoms with Crippen LogP contribution in [0.15, 0.2) is 97.1 Å². The number of alkyl carbamates (subject to hydrolysis) is 1. The molecule has 2 saturated heterocycles. The number of carbonyl (C=O) groups is 6. The van der Waals surface area contributed by atoms with E-state index < -0.39 is 131 Å². The van der Waals surface area contributed by atoms with Gasteiger partial charge in [0.05, 0.1) is 43.7 Å². The molecule has 2 aliphatic heterocycles. The second kappa shape index (κ2) is 31.5. The van der Waals surface area contributed by atoms with E-state index in [4.69, 9.17) is 23.7 Å². The van der Waals surface area contributed by atoms with Crippen molar-refractivity contribution in [1.82, 2.24) is 15.1 Å². The molecule has 27 nitrogen and oxygen atoms in total. The molecule has 2 heterocycles. The van der Waals surface area contributed by atoms with Gasteiger partial charge in [0.15, 0.2) is 0 Å². The topological polar surface area (TPSA) is 349 Å². The van der Waals surface area contributed by atoms with E-state index in [1.54, 1.807) is 45.0 Å².